The molecular weight excluding hydrogens is 600 g/mol. The number of H-pyrrole nitrogens is 2. The summed E-state index contributed by atoms with van der Waals surface area (Å²) in [6, 6.07) is 26.7. The summed E-state index contributed by atoms with van der Waals surface area (Å²) in [5.74, 6) is -0.870. The van der Waals surface area contributed by atoms with E-state index in [1.807, 2.05) is 36.7 Å². The van der Waals surface area contributed by atoms with Crippen molar-refractivity contribution in [3.8, 4) is 0 Å². The molecule has 0 fully saturated rings. The summed E-state index contributed by atoms with van der Waals surface area (Å²) in [4.78, 5) is 41.1. The third-order valence-corrected chi connectivity index (χ3v) is 8.16. The first-order chi connectivity index (χ1) is 23.5. The Morgan fingerprint density at radius 3 is 1.56 bits per heavy atom. The van der Waals surface area contributed by atoms with Gasteiger partial charge in [0.15, 0.2) is 0 Å². The van der Waals surface area contributed by atoms with Crippen LogP contribution in [0.2, 0.25) is 0 Å². The lowest BCUT2D eigenvalue weighted by Crippen LogP contribution is -2.17. The van der Waals surface area contributed by atoms with Crippen molar-refractivity contribution < 1.29 is 9.59 Å². The molecule has 0 saturated heterocycles. The minimum absolute atomic E-state index is 0.223. The molecule has 0 atom stereocenters. The summed E-state index contributed by atoms with van der Waals surface area (Å²) < 4.78 is 0. The Balaban J connectivity index is 1.24. The molecule has 10 nitrogen and oxygen atoms in total. The molecule has 10 heteroatoms. The van der Waals surface area contributed by atoms with Gasteiger partial charge >= 0.3 is 0 Å². The van der Waals surface area contributed by atoms with Gasteiger partial charge in [-0.25, -0.2) is 10.9 Å². The number of nitrogens with one attached hydrogen (secondary N) is 4. The Morgan fingerprint density at radius 1 is 0.646 bits per heavy atom. The third-order valence-electron chi connectivity index (χ3n) is 8.16. The topological polar surface area (TPSA) is 140 Å². The van der Waals surface area contributed by atoms with Crippen molar-refractivity contribution in [1.82, 2.24) is 30.8 Å². The van der Waals surface area contributed by atoms with Crippen molar-refractivity contribution in [1.29, 1.82) is 0 Å². The van der Waals surface area contributed by atoms with Crippen molar-refractivity contribution >= 4 is 46.0 Å². The maximum Gasteiger partial charge on any atom is 0.271 e. The van der Waals surface area contributed by atoms with Crippen LogP contribution in [0.5, 0.6) is 0 Å². The minimum Gasteiger partial charge on any atom is -0.361 e. The van der Waals surface area contributed by atoms with Crippen LogP contribution in [0.25, 0.3) is 21.8 Å². The van der Waals surface area contributed by atoms with Crippen molar-refractivity contribution in [3.63, 3.8) is 0 Å². The molecule has 234 valence electrons. The van der Waals surface area contributed by atoms with Crippen LogP contribution in [-0.2, 0) is 0 Å². The highest BCUT2D eigenvalue weighted by atomic mass is 16.2. The molecule has 7 aromatic rings. The smallest absolute Gasteiger partial charge is 0.271 e. The average molecular weight is 631 g/mol. The molecule has 0 spiro atoms. The second-order valence-electron chi connectivity index (χ2n) is 11.3. The van der Waals surface area contributed by atoms with E-state index in [1.54, 1.807) is 73.6 Å². The highest BCUT2D eigenvalue weighted by Gasteiger charge is 2.24. The Hall–Kier alpha value is -6.68. The number of hydrazone groups is 2. The van der Waals surface area contributed by atoms with Crippen LogP contribution in [0, 0.1) is 6.92 Å². The summed E-state index contributed by atoms with van der Waals surface area (Å²) in [5.41, 5.74) is 13.8. The fourth-order valence-corrected chi connectivity index (χ4v) is 5.69. The van der Waals surface area contributed by atoms with Gasteiger partial charge in [0.2, 0.25) is 0 Å². The molecule has 0 aliphatic rings. The molecule has 0 aliphatic heterocycles. The Morgan fingerprint density at radius 2 is 1.10 bits per heavy atom. The Labute approximate surface area is 275 Å². The maximum atomic E-state index is 13.1. The number of hydrogen-bond donors (Lipinski definition) is 4. The fourth-order valence-electron chi connectivity index (χ4n) is 5.69. The summed E-state index contributed by atoms with van der Waals surface area (Å²) in [6.45, 7) is 2.06. The lowest BCUT2D eigenvalue weighted by Gasteiger charge is -2.18. The summed E-state index contributed by atoms with van der Waals surface area (Å²) in [6.07, 6.45) is 13.8. The number of carbonyl (C=O) groups is 2. The summed E-state index contributed by atoms with van der Waals surface area (Å²) >= 11 is 0. The monoisotopic (exact) mass is 630 g/mol. The normalized spacial score (nSPS) is 11.6. The number of amides is 2. The molecule has 4 N–H and O–H groups in total. The number of rotatable bonds is 9. The highest BCUT2D eigenvalue weighted by molar-refractivity contribution is 6.01. The van der Waals surface area contributed by atoms with E-state index in [-0.39, 0.29) is 17.7 Å². The number of hydrogen-bond acceptors (Lipinski definition) is 6. The third kappa shape index (κ3) is 6.35. The van der Waals surface area contributed by atoms with Gasteiger partial charge in [-0.15, -0.1) is 0 Å². The quantitative estimate of drug-likeness (QED) is 0.107. The number of pyridine rings is 2. The standard InChI is InChI=1S/C38H30N8O2/c1-24-2-4-27(5-3-24)36(32-22-41-34-8-6-28(18-30(32)34)37(47)45-43-20-25-10-14-39-15-11-25)33-23-42-35-9-7-29(19-31(33)35)38(48)46-44-21-26-12-16-40-17-13-26/h2-23,36,41-42H,1H3,(H,45,47)(H,46,48)/b43-20+,44-21+. The van der Waals surface area contributed by atoms with E-state index in [4.69, 9.17) is 0 Å². The van der Waals surface area contributed by atoms with E-state index in [0.29, 0.717) is 11.1 Å². The molecule has 2 amide bonds. The molecule has 4 aromatic heterocycles. The predicted molar refractivity (Wildman–Crippen MR) is 187 cm³/mol. The van der Waals surface area contributed by atoms with Gasteiger partial charge in [0.05, 0.1) is 12.4 Å². The summed E-state index contributed by atoms with van der Waals surface area (Å²) in [5, 5.41) is 10.0. The van der Waals surface area contributed by atoms with Crippen LogP contribution < -0.4 is 10.9 Å². The second-order valence-corrected chi connectivity index (χ2v) is 11.3. The number of aromatic amines is 2. The molecular formula is C38H30N8O2. The highest BCUT2D eigenvalue weighted by Crippen LogP contribution is 2.40. The van der Waals surface area contributed by atoms with Gasteiger partial charge in [-0.3, -0.25) is 19.6 Å². The van der Waals surface area contributed by atoms with Crippen LogP contribution in [-0.4, -0.2) is 44.2 Å². The van der Waals surface area contributed by atoms with Crippen LogP contribution in [0.3, 0.4) is 0 Å². The van der Waals surface area contributed by atoms with Crippen molar-refractivity contribution in [2.24, 2.45) is 10.2 Å². The zero-order valence-electron chi connectivity index (χ0n) is 25.9. The van der Waals surface area contributed by atoms with Gasteiger partial charge in [-0.2, -0.15) is 10.2 Å². The van der Waals surface area contributed by atoms with E-state index in [9.17, 15) is 9.59 Å². The zero-order valence-corrected chi connectivity index (χ0v) is 25.9. The molecule has 0 bridgehead atoms. The lowest BCUT2D eigenvalue weighted by atomic mass is 9.84. The number of carbonyl (C=O) groups excluding carboxylic acids is 2. The molecule has 3 aromatic carbocycles. The SMILES string of the molecule is Cc1ccc(C(c2c[nH]c3ccc(C(=O)N/N=C/c4ccncc4)cc23)c2c[nH]c3ccc(C(=O)N/N=C/c4ccncc4)cc23)cc1. The van der Waals surface area contributed by atoms with E-state index in [0.717, 1.165) is 55.2 Å². The molecule has 0 radical (unpaired) electrons. The predicted octanol–water partition coefficient (Wildman–Crippen LogP) is 6.46. The fraction of sp³-hybridized carbons (Fsp3) is 0.0526. The molecule has 0 saturated carbocycles. The van der Waals surface area contributed by atoms with Crippen LogP contribution in [0.4, 0.5) is 0 Å². The van der Waals surface area contributed by atoms with Crippen molar-refractivity contribution in [3.05, 3.63) is 167 Å². The number of nitrogens with zero attached hydrogens (tertiary/aromatic N) is 4. The zero-order chi connectivity index (χ0) is 32.9. The van der Waals surface area contributed by atoms with Crippen LogP contribution in [0.15, 0.2) is 132 Å². The molecule has 0 unspecified atom stereocenters. The van der Waals surface area contributed by atoms with E-state index in [2.05, 4.69) is 72.2 Å². The van der Waals surface area contributed by atoms with Crippen LogP contribution in [0.1, 0.15) is 60.0 Å². The first-order valence-electron chi connectivity index (χ1n) is 15.3. The Kier molecular flexibility index (Phi) is 8.35. The molecule has 0 aliphatic carbocycles. The van der Waals surface area contributed by atoms with Gasteiger partial charge in [0.25, 0.3) is 11.8 Å². The van der Waals surface area contributed by atoms with Gasteiger partial charge < -0.3 is 9.97 Å². The van der Waals surface area contributed by atoms with E-state index >= 15 is 0 Å². The molecule has 48 heavy (non-hydrogen) atoms. The first-order valence-corrected chi connectivity index (χ1v) is 15.3. The van der Waals surface area contributed by atoms with E-state index in [1.165, 1.54) is 0 Å². The maximum absolute atomic E-state index is 13.1. The number of fused-ring (bicyclic) bond motifs is 2. The molecule has 4 heterocycles. The van der Waals surface area contributed by atoms with E-state index < -0.39 is 0 Å². The van der Waals surface area contributed by atoms with Gasteiger partial charge in [-0.1, -0.05) is 29.8 Å². The first kappa shape index (κ1) is 30.0. The number of aromatic nitrogens is 4. The average Bonchev–Trinajstić information content (AvgIpc) is 3.74. The second kappa shape index (κ2) is 13.4. The number of aryl methyl sites for hydroxylation is 1. The Bertz CT molecular complexity index is 2150. The largest absolute Gasteiger partial charge is 0.361 e. The van der Waals surface area contributed by atoms with Gasteiger partial charge in [0.1, 0.15) is 0 Å². The summed E-state index contributed by atoms with van der Waals surface area (Å²) in [7, 11) is 0. The minimum atomic E-state index is -0.324. The van der Waals surface area contributed by atoms with Gasteiger partial charge in [0, 0.05) is 76.0 Å². The van der Waals surface area contributed by atoms with Crippen molar-refractivity contribution in [2.45, 2.75) is 12.8 Å². The molecule has 7 rings (SSSR count). The van der Waals surface area contributed by atoms with Crippen molar-refractivity contribution in [2.75, 3.05) is 0 Å². The van der Waals surface area contributed by atoms with Gasteiger partial charge in [-0.05, 0) is 95.4 Å². The lowest BCUT2D eigenvalue weighted by molar-refractivity contribution is 0.0947. The van der Waals surface area contributed by atoms with Crippen LogP contribution >= 0.6 is 0 Å². The number of benzene rings is 3.